The van der Waals surface area contributed by atoms with Crippen molar-refractivity contribution in [1.82, 2.24) is 5.32 Å². The van der Waals surface area contributed by atoms with E-state index in [1.54, 1.807) is 6.07 Å². The van der Waals surface area contributed by atoms with Gasteiger partial charge in [0.05, 0.1) is 17.0 Å². The summed E-state index contributed by atoms with van der Waals surface area (Å²) in [6.07, 6.45) is 0.421. The number of carboxylic acids is 1. The van der Waals surface area contributed by atoms with Crippen LogP contribution >= 0.6 is 23.2 Å². The molecule has 21 heavy (non-hydrogen) atoms. The molecule has 0 aliphatic carbocycles. The van der Waals surface area contributed by atoms with Crippen LogP contribution in [0.5, 0.6) is 0 Å². The van der Waals surface area contributed by atoms with Crippen LogP contribution in [-0.4, -0.2) is 23.0 Å². The maximum absolute atomic E-state index is 12.2. The van der Waals surface area contributed by atoms with Crippen LogP contribution in [0.2, 0.25) is 10.0 Å². The number of carbonyl (C=O) groups is 2. The monoisotopic (exact) mass is 331 g/mol. The van der Waals surface area contributed by atoms with Crippen LogP contribution in [0.1, 0.15) is 44.0 Å². The Hall–Kier alpha value is -1.26. The van der Waals surface area contributed by atoms with Crippen molar-refractivity contribution in [3.63, 3.8) is 0 Å². The Labute approximate surface area is 134 Å². The molecule has 0 saturated carbocycles. The van der Waals surface area contributed by atoms with E-state index < -0.39 is 17.9 Å². The van der Waals surface area contributed by atoms with Crippen molar-refractivity contribution < 1.29 is 14.7 Å². The molecule has 1 rings (SSSR count). The second kappa shape index (κ2) is 7.14. The Morgan fingerprint density at radius 2 is 1.90 bits per heavy atom. The number of aliphatic carboxylic acids is 1. The molecule has 1 aromatic rings. The summed E-state index contributed by atoms with van der Waals surface area (Å²) in [6.45, 7) is 5.97. The number of carbonyl (C=O) groups excluding carboxylic acids is 1. The number of amides is 1. The highest BCUT2D eigenvalue weighted by Crippen LogP contribution is 2.24. The summed E-state index contributed by atoms with van der Waals surface area (Å²) in [4.78, 5) is 23.2. The first-order valence-corrected chi connectivity index (χ1v) is 7.32. The molecule has 0 aliphatic heterocycles. The zero-order valence-corrected chi connectivity index (χ0v) is 13.8. The van der Waals surface area contributed by atoms with E-state index in [9.17, 15) is 9.59 Å². The van der Waals surface area contributed by atoms with Crippen LogP contribution in [0.4, 0.5) is 0 Å². The van der Waals surface area contributed by atoms with Crippen molar-refractivity contribution in [2.45, 2.75) is 39.7 Å². The minimum atomic E-state index is -0.952. The highest BCUT2D eigenvalue weighted by Gasteiger charge is 2.23. The molecule has 6 heteroatoms. The molecule has 0 heterocycles. The fourth-order valence-electron chi connectivity index (χ4n) is 2.06. The lowest BCUT2D eigenvalue weighted by Crippen LogP contribution is -2.39. The molecule has 0 aliphatic rings. The van der Waals surface area contributed by atoms with Gasteiger partial charge in [-0.15, -0.1) is 0 Å². The van der Waals surface area contributed by atoms with E-state index in [4.69, 9.17) is 28.3 Å². The number of carboxylic acid groups (broad SMARTS) is 1. The number of benzene rings is 1. The molecular weight excluding hydrogens is 313 g/mol. The first-order valence-electron chi connectivity index (χ1n) is 6.56. The molecule has 0 spiro atoms. The second-order valence-corrected chi connectivity index (χ2v) is 7.00. The summed E-state index contributed by atoms with van der Waals surface area (Å²) >= 11 is 11.8. The van der Waals surface area contributed by atoms with Gasteiger partial charge in [0.1, 0.15) is 0 Å². The summed E-state index contributed by atoms with van der Waals surface area (Å²) in [6, 6.07) is 4.11. The molecule has 1 amide bonds. The van der Waals surface area contributed by atoms with Gasteiger partial charge in [-0.05, 0) is 30.0 Å². The number of hydrogen-bond acceptors (Lipinski definition) is 2. The minimum absolute atomic E-state index is 0.100. The average molecular weight is 332 g/mol. The standard InChI is InChI=1S/C15H19Cl2NO3/c1-15(2,3)8-10(7-13(19)20)18-14(21)11-5-4-9(16)6-12(11)17/h4-6,10H,7-8H2,1-3H3,(H,18,21)(H,19,20). The van der Waals surface area contributed by atoms with Gasteiger partial charge in [-0.2, -0.15) is 0 Å². The maximum Gasteiger partial charge on any atom is 0.305 e. The maximum atomic E-state index is 12.2. The van der Waals surface area contributed by atoms with Crippen LogP contribution in [0.15, 0.2) is 18.2 Å². The van der Waals surface area contributed by atoms with Crippen molar-refractivity contribution in [2.75, 3.05) is 0 Å². The van der Waals surface area contributed by atoms with Crippen LogP contribution < -0.4 is 5.32 Å². The fourth-order valence-corrected chi connectivity index (χ4v) is 2.56. The van der Waals surface area contributed by atoms with Crippen molar-refractivity contribution in [2.24, 2.45) is 5.41 Å². The summed E-state index contributed by atoms with van der Waals surface area (Å²) in [7, 11) is 0. The number of halogens is 2. The molecule has 0 radical (unpaired) electrons. The largest absolute Gasteiger partial charge is 0.481 e. The van der Waals surface area contributed by atoms with Gasteiger partial charge in [-0.3, -0.25) is 9.59 Å². The highest BCUT2D eigenvalue weighted by molar-refractivity contribution is 6.36. The van der Waals surface area contributed by atoms with E-state index >= 15 is 0 Å². The second-order valence-electron chi connectivity index (χ2n) is 6.16. The molecular formula is C15H19Cl2NO3. The van der Waals surface area contributed by atoms with Crippen LogP contribution in [0.3, 0.4) is 0 Å². The molecule has 0 fully saturated rings. The molecule has 0 saturated heterocycles. The number of rotatable bonds is 5. The third-order valence-corrected chi connectivity index (χ3v) is 3.34. The van der Waals surface area contributed by atoms with Gasteiger partial charge in [0.2, 0.25) is 0 Å². The molecule has 1 unspecified atom stereocenters. The summed E-state index contributed by atoms with van der Waals surface area (Å²) in [5.41, 5.74) is 0.183. The Bertz CT molecular complexity index is 538. The summed E-state index contributed by atoms with van der Waals surface area (Å²) < 4.78 is 0. The van der Waals surface area contributed by atoms with Gasteiger partial charge in [0.25, 0.3) is 5.91 Å². The van der Waals surface area contributed by atoms with Crippen molar-refractivity contribution >= 4 is 35.1 Å². The van der Waals surface area contributed by atoms with Gasteiger partial charge in [0, 0.05) is 11.1 Å². The van der Waals surface area contributed by atoms with Crippen LogP contribution in [0, 0.1) is 5.41 Å². The molecule has 0 bridgehead atoms. The Balaban J connectivity index is 2.86. The quantitative estimate of drug-likeness (QED) is 0.856. The topological polar surface area (TPSA) is 66.4 Å². The normalized spacial score (nSPS) is 12.8. The third-order valence-electron chi connectivity index (χ3n) is 2.79. The van der Waals surface area contributed by atoms with Crippen LogP contribution in [0.25, 0.3) is 0 Å². The lowest BCUT2D eigenvalue weighted by atomic mass is 9.87. The third kappa shape index (κ3) is 6.36. The van der Waals surface area contributed by atoms with E-state index in [2.05, 4.69) is 5.32 Å². The lowest BCUT2D eigenvalue weighted by molar-refractivity contribution is -0.137. The molecule has 4 nitrogen and oxygen atoms in total. The first kappa shape index (κ1) is 17.8. The van der Waals surface area contributed by atoms with Crippen LogP contribution in [-0.2, 0) is 4.79 Å². The van der Waals surface area contributed by atoms with E-state index in [-0.39, 0.29) is 22.4 Å². The Morgan fingerprint density at radius 1 is 1.29 bits per heavy atom. The Morgan fingerprint density at radius 3 is 2.38 bits per heavy atom. The number of nitrogens with one attached hydrogen (secondary N) is 1. The summed E-state index contributed by atoms with van der Waals surface area (Å²) in [5, 5.41) is 12.4. The Kier molecular flexibility index (Phi) is 6.05. The van der Waals surface area contributed by atoms with Gasteiger partial charge < -0.3 is 10.4 Å². The molecule has 1 aromatic carbocycles. The average Bonchev–Trinajstić information content (AvgIpc) is 2.24. The van der Waals surface area contributed by atoms with Crippen molar-refractivity contribution in [3.05, 3.63) is 33.8 Å². The van der Waals surface area contributed by atoms with E-state index in [0.717, 1.165) is 0 Å². The predicted molar refractivity (Wildman–Crippen MR) is 84.0 cm³/mol. The summed E-state index contributed by atoms with van der Waals surface area (Å²) in [5.74, 6) is -1.35. The first-order chi connectivity index (χ1) is 9.58. The molecule has 0 aromatic heterocycles. The van der Waals surface area contributed by atoms with Gasteiger partial charge >= 0.3 is 5.97 Å². The molecule has 2 N–H and O–H groups in total. The van der Waals surface area contributed by atoms with Gasteiger partial charge in [-0.1, -0.05) is 44.0 Å². The molecule has 1 atom stereocenters. The van der Waals surface area contributed by atoms with Crippen molar-refractivity contribution in [3.8, 4) is 0 Å². The van der Waals surface area contributed by atoms with E-state index in [1.807, 2.05) is 20.8 Å². The zero-order chi connectivity index (χ0) is 16.2. The van der Waals surface area contributed by atoms with Gasteiger partial charge in [0.15, 0.2) is 0 Å². The minimum Gasteiger partial charge on any atom is -0.481 e. The van der Waals surface area contributed by atoms with E-state index in [0.29, 0.717) is 11.4 Å². The fraction of sp³-hybridized carbons (Fsp3) is 0.467. The highest BCUT2D eigenvalue weighted by atomic mass is 35.5. The van der Waals surface area contributed by atoms with Gasteiger partial charge in [-0.25, -0.2) is 0 Å². The lowest BCUT2D eigenvalue weighted by Gasteiger charge is -2.26. The van der Waals surface area contributed by atoms with Crippen molar-refractivity contribution in [1.29, 1.82) is 0 Å². The zero-order valence-electron chi connectivity index (χ0n) is 12.2. The smallest absolute Gasteiger partial charge is 0.305 e. The predicted octanol–water partition coefficient (Wildman–Crippen LogP) is 4.00. The van der Waals surface area contributed by atoms with E-state index in [1.165, 1.54) is 12.1 Å². The SMILES string of the molecule is CC(C)(C)CC(CC(=O)O)NC(=O)c1ccc(Cl)cc1Cl. The number of hydrogen-bond donors (Lipinski definition) is 2. The molecule has 116 valence electrons.